The highest BCUT2D eigenvalue weighted by molar-refractivity contribution is 6.44. The molecule has 14 heteroatoms. The van der Waals surface area contributed by atoms with E-state index in [1.54, 1.807) is 4.57 Å². The van der Waals surface area contributed by atoms with E-state index in [1.807, 2.05) is 0 Å². The molecule has 2 amide bonds. The van der Waals surface area contributed by atoms with Gasteiger partial charge in [-0.15, -0.1) is 0 Å². The minimum atomic E-state index is -3.00. The molecule has 2 fully saturated rings. The molecule has 2 aromatic rings. The van der Waals surface area contributed by atoms with Crippen LogP contribution in [0.3, 0.4) is 0 Å². The highest BCUT2D eigenvalue weighted by atomic mass is 19.3. The van der Waals surface area contributed by atoms with E-state index in [1.165, 1.54) is 19.2 Å². The predicted octanol–water partition coefficient (Wildman–Crippen LogP) is 2.42. The van der Waals surface area contributed by atoms with Crippen LogP contribution in [0.1, 0.15) is 69.5 Å². The van der Waals surface area contributed by atoms with Crippen molar-refractivity contribution in [3.63, 3.8) is 0 Å². The van der Waals surface area contributed by atoms with E-state index in [2.05, 4.69) is 32.0 Å². The third-order valence-electron chi connectivity index (χ3n) is 7.61. The van der Waals surface area contributed by atoms with Crippen LogP contribution in [0.25, 0.3) is 0 Å². The molecule has 0 unspecified atom stereocenters. The SMILES string of the molecule is Cc1c(C(=O)C(=O)NC2(C3=CNNN3)CC(F)(F)C2)c2n(c1C(=O)Nc1ccnc(C(F)F)c1)[C@@H]1C[C@@H]1C2. The number of nitrogens with one attached hydrogen (secondary N) is 5. The second kappa shape index (κ2) is 8.28. The molecule has 0 saturated heterocycles. The third kappa shape index (κ3) is 3.81. The molecule has 6 rings (SSSR count). The smallest absolute Gasteiger partial charge is 0.293 e. The molecule has 38 heavy (non-hydrogen) atoms. The molecular formula is C24H23F4N7O3. The summed E-state index contributed by atoms with van der Waals surface area (Å²) in [6, 6.07) is 2.43. The van der Waals surface area contributed by atoms with Crippen LogP contribution >= 0.6 is 0 Å². The van der Waals surface area contributed by atoms with E-state index in [9.17, 15) is 31.9 Å². The van der Waals surface area contributed by atoms with E-state index in [-0.39, 0.29) is 40.2 Å². The molecule has 5 N–H and O–H groups in total. The number of fused-ring (bicyclic) bond motifs is 3. The first-order valence-corrected chi connectivity index (χ1v) is 12.0. The zero-order valence-corrected chi connectivity index (χ0v) is 20.0. The lowest BCUT2D eigenvalue weighted by atomic mass is 9.71. The van der Waals surface area contributed by atoms with E-state index in [4.69, 9.17) is 0 Å². The third-order valence-corrected chi connectivity index (χ3v) is 7.61. The van der Waals surface area contributed by atoms with Crippen molar-refractivity contribution in [2.75, 3.05) is 5.32 Å². The average Bonchev–Trinajstić information content (AvgIpc) is 3.17. The first kappa shape index (κ1) is 24.4. The Labute approximate surface area is 213 Å². The number of hydrazine groups is 2. The molecule has 2 aliphatic carbocycles. The Kier molecular flexibility index (Phi) is 5.32. The molecule has 4 aliphatic rings. The summed E-state index contributed by atoms with van der Waals surface area (Å²) in [4.78, 5) is 43.5. The van der Waals surface area contributed by atoms with Gasteiger partial charge in [-0.2, -0.15) is 5.53 Å². The van der Waals surface area contributed by atoms with Gasteiger partial charge in [0.25, 0.3) is 29.9 Å². The Hall–Kier alpha value is -3.94. The van der Waals surface area contributed by atoms with E-state index in [0.717, 1.165) is 18.7 Å². The van der Waals surface area contributed by atoms with Gasteiger partial charge in [-0.05, 0) is 43.4 Å². The Morgan fingerprint density at radius 2 is 2.00 bits per heavy atom. The van der Waals surface area contributed by atoms with Crippen molar-refractivity contribution in [3.8, 4) is 0 Å². The molecule has 4 heterocycles. The molecule has 0 aromatic carbocycles. The first-order valence-electron chi connectivity index (χ1n) is 12.0. The van der Waals surface area contributed by atoms with Gasteiger partial charge in [-0.25, -0.2) is 17.6 Å². The molecule has 0 spiro atoms. The number of pyridine rings is 1. The van der Waals surface area contributed by atoms with Gasteiger partial charge in [0.1, 0.15) is 11.4 Å². The van der Waals surface area contributed by atoms with Crippen molar-refractivity contribution in [2.45, 2.75) is 56.5 Å². The summed E-state index contributed by atoms with van der Waals surface area (Å²) in [5, 5.41) is 5.08. The average molecular weight is 533 g/mol. The van der Waals surface area contributed by atoms with Crippen LogP contribution in [0.15, 0.2) is 30.2 Å². The number of halogens is 4. The summed E-state index contributed by atoms with van der Waals surface area (Å²) in [7, 11) is 0. The molecule has 0 radical (unpaired) electrons. The Balaban J connectivity index is 1.29. The van der Waals surface area contributed by atoms with Crippen LogP contribution in [0.5, 0.6) is 0 Å². The maximum Gasteiger partial charge on any atom is 0.293 e. The number of Topliss-reactive ketones (excluding diaryl/α,β-unsaturated/α-hetero) is 1. The van der Waals surface area contributed by atoms with Crippen LogP contribution in [0.2, 0.25) is 0 Å². The van der Waals surface area contributed by atoms with Crippen molar-refractivity contribution in [1.29, 1.82) is 0 Å². The van der Waals surface area contributed by atoms with E-state index >= 15 is 0 Å². The number of anilines is 1. The van der Waals surface area contributed by atoms with Crippen molar-refractivity contribution < 1.29 is 31.9 Å². The van der Waals surface area contributed by atoms with Gasteiger partial charge in [0.15, 0.2) is 0 Å². The molecular weight excluding hydrogens is 510 g/mol. The van der Waals surface area contributed by atoms with Gasteiger partial charge in [0.2, 0.25) is 0 Å². The van der Waals surface area contributed by atoms with Crippen LogP contribution in [-0.4, -0.2) is 38.6 Å². The topological polar surface area (TPSA) is 129 Å². The fourth-order valence-electron chi connectivity index (χ4n) is 5.84. The minimum Gasteiger partial charge on any atom is -0.338 e. The summed E-state index contributed by atoms with van der Waals surface area (Å²) in [5.74, 6) is -5.38. The number of nitrogens with zero attached hydrogens (tertiary/aromatic N) is 2. The van der Waals surface area contributed by atoms with E-state index in [0.29, 0.717) is 12.1 Å². The lowest BCUT2D eigenvalue weighted by Gasteiger charge is -2.47. The number of carbonyl (C=O) groups excluding carboxylic acids is 3. The van der Waals surface area contributed by atoms with Gasteiger partial charge < -0.3 is 26.1 Å². The van der Waals surface area contributed by atoms with Gasteiger partial charge in [0, 0.05) is 42.7 Å². The Morgan fingerprint density at radius 3 is 2.66 bits per heavy atom. The van der Waals surface area contributed by atoms with Crippen LogP contribution in [-0.2, 0) is 11.2 Å². The quantitative estimate of drug-likeness (QED) is 0.210. The Morgan fingerprint density at radius 1 is 1.24 bits per heavy atom. The van der Waals surface area contributed by atoms with Gasteiger partial charge in [-0.3, -0.25) is 19.4 Å². The van der Waals surface area contributed by atoms with Crippen molar-refractivity contribution in [2.24, 2.45) is 5.92 Å². The van der Waals surface area contributed by atoms with Gasteiger partial charge in [0.05, 0.1) is 16.8 Å². The van der Waals surface area contributed by atoms with Crippen molar-refractivity contribution in [1.82, 2.24) is 31.3 Å². The second-order valence-electron chi connectivity index (χ2n) is 10.2. The molecule has 2 atom stereocenters. The lowest BCUT2D eigenvalue weighted by Crippen LogP contribution is -2.66. The number of carbonyl (C=O) groups is 3. The number of aromatic nitrogens is 2. The molecule has 200 valence electrons. The lowest BCUT2D eigenvalue weighted by molar-refractivity contribution is -0.138. The largest absolute Gasteiger partial charge is 0.338 e. The minimum absolute atomic E-state index is 0.00946. The first-order chi connectivity index (χ1) is 18.0. The fraction of sp³-hybridized carbons (Fsp3) is 0.417. The summed E-state index contributed by atoms with van der Waals surface area (Å²) in [6.45, 7) is 1.54. The number of alkyl halides is 4. The number of amides is 2. The normalized spacial score (nSPS) is 23.4. The van der Waals surface area contributed by atoms with Crippen LogP contribution in [0.4, 0.5) is 23.2 Å². The van der Waals surface area contributed by atoms with Crippen molar-refractivity contribution >= 4 is 23.3 Å². The summed E-state index contributed by atoms with van der Waals surface area (Å²) >= 11 is 0. The highest BCUT2D eigenvalue weighted by Crippen LogP contribution is 2.54. The highest BCUT2D eigenvalue weighted by Gasteiger charge is 2.60. The Bertz CT molecular complexity index is 1410. The summed E-state index contributed by atoms with van der Waals surface area (Å²) < 4.78 is 55.6. The van der Waals surface area contributed by atoms with Gasteiger partial charge in [-0.1, -0.05) is 0 Å². The zero-order chi connectivity index (χ0) is 27.0. The molecule has 2 aliphatic heterocycles. The van der Waals surface area contributed by atoms with E-state index < -0.39 is 54.0 Å². The maximum atomic E-state index is 13.9. The van der Waals surface area contributed by atoms with Crippen molar-refractivity contribution in [3.05, 3.63) is 58.4 Å². The zero-order valence-electron chi connectivity index (χ0n) is 20.0. The number of ketones is 1. The number of hydrogen-bond donors (Lipinski definition) is 5. The monoisotopic (exact) mass is 533 g/mol. The maximum absolute atomic E-state index is 13.9. The predicted molar refractivity (Wildman–Crippen MR) is 124 cm³/mol. The van der Waals surface area contributed by atoms with Crippen LogP contribution in [0, 0.1) is 12.8 Å². The number of rotatable bonds is 7. The summed E-state index contributed by atoms with van der Waals surface area (Å²) in [6.07, 6.45) is -0.331. The molecule has 10 nitrogen and oxygen atoms in total. The van der Waals surface area contributed by atoms with Gasteiger partial charge >= 0.3 is 0 Å². The molecule has 2 aromatic heterocycles. The molecule has 2 saturated carbocycles. The number of hydrogen-bond acceptors (Lipinski definition) is 7. The second-order valence-corrected chi connectivity index (χ2v) is 10.2. The summed E-state index contributed by atoms with van der Waals surface area (Å²) in [5.41, 5.74) is 7.26. The standard InChI is InChI=1S/C24H23F4N7O3/c1-10-17(19(36)22(38)32-23(8-24(27,28)9-23)16-7-30-34-33-16)15-5-11-4-14(11)35(15)18(10)21(37)31-12-2-3-29-13(6-12)20(25)26/h2-3,6-7,11,14,20,30,33-34H,4-5,8-9H2,1H3,(H,32,38)(H,29,31,37)/t11-,14-/m1/s1. The fourth-order valence-corrected chi connectivity index (χ4v) is 5.84. The van der Waals surface area contributed by atoms with Crippen LogP contribution < -0.4 is 27.0 Å². The molecule has 0 bridgehead atoms.